The predicted molar refractivity (Wildman–Crippen MR) is 151 cm³/mol. The topological polar surface area (TPSA) is 155 Å². The highest BCUT2D eigenvalue weighted by Crippen LogP contribution is 2.27. The molecule has 0 atom stereocenters. The number of hydrogen-bond acceptors (Lipinski definition) is 10. The van der Waals surface area contributed by atoms with Crippen molar-refractivity contribution in [1.29, 1.82) is 5.26 Å². The zero-order valence-electron chi connectivity index (χ0n) is 22.8. The van der Waals surface area contributed by atoms with Crippen LogP contribution < -0.4 is 5.32 Å². The number of aromatic nitrogens is 6. The van der Waals surface area contributed by atoms with Crippen LogP contribution in [0.25, 0.3) is 22.6 Å². The molecule has 0 amide bonds. The summed E-state index contributed by atoms with van der Waals surface area (Å²) in [5.41, 5.74) is 5.06. The van der Waals surface area contributed by atoms with E-state index in [0.29, 0.717) is 54.2 Å². The van der Waals surface area contributed by atoms with Gasteiger partial charge in [-0.3, -0.25) is 14.7 Å². The van der Waals surface area contributed by atoms with Gasteiger partial charge in [-0.15, -0.1) is 5.10 Å². The van der Waals surface area contributed by atoms with Crippen molar-refractivity contribution in [1.82, 2.24) is 34.8 Å². The molecule has 4 heterocycles. The van der Waals surface area contributed by atoms with Crippen LogP contribution in [-0.4, -0.2) is 85.8 Å². The summed E-state index contributed by atoms with van der Waals surface area (Å²) >= 11 is 0. The molecule has 4 aromatic rings. The van der Waals surface area contributed by atoms with Crippen LogP contribution >= 0.6 is 0 Å². The largest absolute Gasteiger partial charge is 0.480 e. The fourth-order valence-corrected chi connectivity index (χ4v) is 4.87. The van der Waals surface area contributed by atoms with Crippen molar-refractivity contribution < 1.29 is 14.6 Å². The summed E-state index contributed by atoms with van der Waals surface area (Å²) in [5, 5.41) is 30.3. The molecule has 1 aliphatic heterocycles. The Balaban J connectivity index is 1.33. The highest BCUT2D eigenvalue weighted by molar-refractivity contribution is 5.69. The van der Waals surface area contributed by atoms with Gasteiger partial charge in [0.15, 0.2) is 0 Å². The number of nitrogens with zero attached hydrogens (tertiary/aromatic N) is 8. The van der Waals surface area contributed by atoms with E-state index >= 15 is 0 Å². The predicted octanol–water partition coefficient (Wildman–Crippen LogP) is 3.04. The summed E-state index contributed by atoms with van der Waals surface area (Å²) in [5.74, 6) is -0.0646. The van der Waals surface area contributed by atoms with Crippen molar-refractivity contribution in [2.75, 3.05) is 45.2 Å². The third-order valence-corrected chi connectivity index (χ3v) is 6.92. The number of nitriles is 1. The van der Waals surface area contributed by atoms with Gasteiger partial charge in [-0.05, 0) is 56.3 Å². The van der Waals surface area contributed by atoms with E-state index in [1.54, 1.807) is 23.9 Å². The minimum atomic E-state index is -0.791. The first kappa shape index (κ1) is 27.8. The number of methoxy groups -OCH3 is 1. The van der Waals surface area contributed by atoms with Gasteiger partial charge >= 0.3 is 5.97 Å². The number of hydrogen-bond donors (Lipinski definition) is 2. The van der Waals surface area contributed by atoms with Gasteiger partial charge < -0.3 is 15.2 Å². The molecule has 12 nitrogen and oxygen atoms in total. The average Bonchev–Trinajstić information content (AvgIpc) is 3.46. The van der Waals surface area contributed by atoms with Gasteiger partial charge in [0, 0.05) is 30.8 Å². The first-order chi connectivity index (χ1) is 20.0. The SMILES string of the molecule is COCCNc1nc(-c2cccc(C#N)c2)cc(-c2cn(Cc3cccc(C4CCN(CC(=O)O)CC4)n3)nn2)n1. The van der Waals surface area contributed by atoms with E-state index in [2.05, 4.69) is 31.7 Å². The molecule has 0 spiro atoms. The van der Waals surface area contributed by atoms with E-state index < -0.39 is 5.97 Å². The number of nitrogens with one attached hydrogen (secondary N) is 1. The number of carboxylic acid groups (broad SMARTS) is 1. The molecule has 210 valence electrons. The van der Waals surface area contributed by atoms with Crippen molar-refractivity contribution in [3.8, 4) is 28.7 Å². The number of benzene rings is 1. The zero-order chi connectivity index (χ0) is 28.6. The Morgan fingerprint density at radius 3 is 2.68 bits per heavy atom. The Morgan fingerprint density at radius 2 is 1.90 bits per heavy atom. The average molecular weight is 554 g/mol. The number of rotatable bonds is 11. The molecular formula is C29H31N9O3. The molecule has 0 bridgehead atoms. The summed E-state index contributed by atoms with van der Waals surface area (Å²) in [6.07, 6.45) is 3.59. The van der Waals surface area contributed by atoms with E-state index in [-0.39, 0.29) is 6.54 Å². The first-order valence-corrected chi connectivity index (χ1v) is 13.4. The van der Waals surface area contributed by atoms with Gasteiger partial charge in [-0.25, -0.2) is 14.6 Å². The van der Waals surface area contributed by atoms with E-state index in [9.17, 15) is 10.1 Å². The highest BCUT2D eigenvalue weighted by atomic mass is 16.5. The Hall–Kier alpha value is -4.73. The van der Waals surface area contributed by atoms with Crippen LogP contribution in [0.2, 0.25) is 0 Å². The molecule has 0 aliphatic carbocycles. The standard InChI is InChI=1S/C29H31N9O3/c1-41-13-10-31-29-33-25(22-5-2-4-20(14-22)16-30)15-26(34-29)27-18-38(36-35-27)17-23-6-3-7-24(32-23)21-8-11-37(12-9-21)19-28(39)40/h2-7,14-15,18,21H,8-13,17,19H2,1H3,(H,39,40)(H,31,33,34). The molecule has 1 aliphatic rings. The van der Waals surface area contributed by atoms with E-state index in [0.717, 1.165) is 42.9 Å². The molecular weight excluding hydrogens is 522 g/mol. The molecule has 12 heteroatoms. The maximum Gasteiger partial charge on any atom is 0.317 e. The Kier molecular flexibility index (Phi) is 8.88. The molecule has 5 rings (SSSR count). The van der Waals surface area contributed by atoms with Gasteiger partial charge in [-0.1, -0.05) is 23.4 Å². The van der Waals surface area contributed by atoms with Crippen LogP contribution in [0.3, 0.4) is 0 Å². The smallest absolute Gasteiger partial charge is 0.317 e. The number of anilines is 1. The van der Waals surface area contributed by atoms with Crippen LogP contribution in [0.4, 0.5) is 5.95 Å². The van der Waals surface area contributed by atoms with Crippen LogP contribution in [-0.2, 0) is 16.1 Å². The number of piperidine rings is 1. The molecule has 2 N–H and O–H groups in total. The second-order valence-corrected chi connectivity index (χ2v) is 9.87. The third-order valence-electron chi connectivity index (χ3n) is 6.92. The first-order valence-electron chi connectivity index (χ1n) is 13.4. The highest BCUT2D eigenvalue weighted by Gasteiger charge is 2.23. The fourth-order valence-electron chi connectivity index (χ4n) is 4.87. The van der Waals surface area contributed by atoms with Gasteiger partial charge in [-0.2, -0.15) is 5.26 Å². The number of aliphatic carboxylic acids is 1. The van der Waals surface area contributed by atoms with Gasteiger partial charge in [0.2, 0.25) is 5.95 Å². The lowest BCUT2D eigenvalue weighted by Crippen LogP contribution is -2.36. The number of carboxylic acids is 1. The number of carbonyl (C=O) groups is 1. The molecule has 41 heavy (non-hydrogen) atoms. The molecule has 1 saturated heterocycles. The third kappa shape index (κ3) is 7.27. The maximum absolute atomic E-state index is 11.0. The molecule has 1 fully saturated rings. The lowest BCUT2D eigenvalue weighted by molar-refractivity contribution is -0.138. The van der Waals surface area contributed by atoms with E-state index in [4.69, 9.17) is 14.8 Å². The monoisotopic (exact) mass is 553 g/mol. The van der Waals surface area contributed by atoms with Crippen molar-refractivity contribution >= 4 is 11.9 Å². The Bertz CT molecular complexity index is 1540. The van der Waals surface area contributed by atoms with E-state index in [1.165, 1.54) is 0 Å². The minimum Gasteiger partial charge on any atom is -0.480 e. The normalized spacial score (nSPS) is 14.0. The summed E-state index contributed by atoms with van der Waals surface area (Å²) in [6.45, 7) is 3.06. The molecule has 3 aromatic heterocycles. The quantitative estimate of drug-likeness (QED) is 0.263. The van der Waals surface area contributed by atoms with Crippen LogP contribution in [0, 0.1) is 11.3 Å². The Labute approximate surface area is 237 Å². The molecule has 0 saturated carbocycles. The van der Waals surface area contributed by atoms with Gasteiger partial charge in [0.05, 0.1) is 54.6 Å². The van der Waals surface area contributed by atoms with Crippen molar-refractivity contribution in [2.45, 2.75) is 25.3 Å². The summed E-state index contributed by atoms with van der Waals surface area (Å²) in [4.78, 5) is 27.2. The van der Waals surface area contributed by atoms with Crippen molar-refractivity contribution in [2.24, 2.45) is 0 Å². The molecule has 0 radical (unpaired) electrons. The number of pyridine rings is 1. The number of likely N-dealkylation sites (tertiary alicyclic amines) is 1. The van der Waals surface area contributed by atoms with Crippen LogP contribution in [0.15, 0.2) is 54.7 Å². The lowest BCUT2D eigenvalue weighted by atomic mass is 9.93. The minimum absolute atomic E-state index is 0.0829. The zero-order valence-corrected chi connectivity index (χ0v) is 22.8. The van der Waals surface area contributed by atoms with Gasteiger partial charge in [0.25, 0.3) is 0 Å². The second-order valence-electron chi connectivity index (χ2n) is 9.87. The van der Waals surface area contributed by atoms with Crippen molar-refractivity contribution in [3.05, 3.63) is 71.7 Å². The second kappa shape index (κ2) is 13.1. The Morgan fingerprint density at radius 1 is 1.10 bits per heavy atom. The fraction of sp³-hybridized carbons (Fsp3) is 0.345. The summed E-state index contributed by atoms with van der Waals surface area (Å²) < 4.78 is 6.87. The van der Waals surface area contributed by atoms with Gasteiger partial charge in [0.1, 0.15) is 5.69 Å². The summed E-state index contributed by atoms with van der Waals surface area (Å²) in [7, 11) is 1.63. The van der Waals surface area contributed by atoms with Crippen LogP contribution in [0.5, 0.6) is 0 Å². The van der Waals surface area contributed by atoms with E-state index in [1.807, 2.05) is 47.5 Å². The molecule has 0 unspecified atom stereocenters. The lowest BCUT2D eigenvalue weighted by Gasteiger charge is -2.30. The van der Waals surface area contributed by atoms with Crippen LogP contribution in [0.1, 0.15) is 35.7 Å². The molecule has 1 aromatic carbocycles. The van der Waals surface area contributed by atoms with Crippen molar-refractivity contribution in [3.63, 3.8) is 0 Å². The summed E-state index contributed by atoms with van der Waals surface area (Å²) in [6, 6.07) is 17.3. The number of ether oxygens (including phenoxy) is 1. The maximum atomic E-state index is 11.0.